The van der Waals surface area contributed by atoms with E-state index >= 15 is 0 Å². The topological polar surface area (TPSA) is 171 Å². The van der Waals surface area contributed by atoms with E-state index in [1.54, 1.807) is 44.3 Å². The van der Waals surface area contributed by atoms with E-state index in [1.807, 2.05) is 27.7 Å². The Hall–Kier alpha value is -2.26. The first-order valence-electron chi connectivity index (χ1n) is 17.8. The van der Waals surface area contributed by atoms with E-state index in [0.717, 1.165) is 37.2 Å². The van der Waals surface area contributed by atoms with Crippen LogP contribution in [0.15, 0.2) is 12.7 Å². The highest BCUT2D eigenvalue weighted by molar-refractivity contribution is 8.18. The van der Waals surface area contributed by atoms with Crippen molar-refractivity contribution in [3.8, 4) is 0 Å². The molecule has 3 aliphatic rings. The summed E-state index contributed by atoms with van der Waals surface area (Å²) in [5.41, 5.74) is -1.74. The first-order valence-corrected chi connectivity index (χ1v) is 21.4. The van der Waals surface area contributed by atoms with Gasteiger partial charge in [0.2, 0.25) is 17.6 Å². The molecule has 1 unspecified atom stereocenters. The molecule has 1 aliphatic carbocycles. The maximum absolute atomic E-state index is 14.6. The summed E-state index contributed by atoms with van der Waals surface area (Å²) < 4.78 is 25.3. The van der Waals surface area contributed by atoms with Crippen molar-refractivity contribution in [1.29, 1.82) is 0 Å². The van der Waals surface area contributed by atoms with Crippen LogP contribution in [0.3, 0.4) is 0 Å². The minimum atomic E-state index is -3.57. The number of ketones is 1. The molecule has 1 saturated carbocycles. The summed E-state index contributed by atoms with van der Waals surface area (Å²) in [6.07, 6.45) is 7.14. The number of nitrogens with zero attached hydrogens (tertiary/aromatic N) is 1. The smallest absolute Gasteiger partial charge is 0.315 e. The molecule has 0 aromatic rings. The van der Waals surface area contributed by atoms with Crippen molar-refractivity contribution in [3.63, 3.8) is 0 Å². The van der Waals surface area contributed by atoms with E-state index in [9.17, 15) is 32.4 Å². The molecule has 0 aromatic carbocycles. The quantitative estimate of drug-likeness (QED) is 0.161. The number of thioether (sulfide) groups is 2. The van der Waals surface area contributed by atoms with Crippen LogP contribution < -0.4 is 21.3 Å². The number of sulfone groups is 1. The minimum Gasteiger partial charge on any atom is -0.346 e. The van der Waals surface area contributed by atoms with E-state index in [1.165, 1.54) is 11.0 Å². The molecule has 5 amide bonds. The summed E-state index contributed by atoms with van der Waals surface area (Å²) in [4.78, 5) is 69.6. The maximum atomic E-state index is 14.6. The Balaban J connectivity index is 1.90. The van der Waals surface area contributed by atoms with Gasteiger partial charge in [-0.3, -0.25) is 19.2 Å². The van der Waals surface area contributed by atoms with Crippen molar-refractivity contribution in [1.82, 2.24) is 26.2 Å². The van der Waals surface area contributed by atoms with Crippen molar-refractivity contribution >= 4 is 62.9 Å². The van der Waals surface area contributed by atoms with Gasteiger partial charge in [0.05, 0.1) is 26.2 Å². The van der Waals surface area contributed by atoms with Gasteiger partial charge in [-0.05, 0) is 63.4 Å². The second kappa shape index (κ2) is 17.0. The molecular formula is C35H59N5O7S3. The Bertz CT molecular complexity index is 1380. The highest BCUT2D eigenvalue weighted by Crippen LogP contribution is 2.50. The van der Waals surface area contributed by atoms with Gasteiger partial charge in [-0.15, -0.1) is 30.1 Å². The summed E-state index contributed by atoms with van der Waals surface area (Å²) in [6.45, 7) is 16.3. The van der Waals surface area contributed by atoms with Gasteiger partial charge in [0, 0.05) is 19.5 Å². The fraction of sp³-hybridized carbons (Fsp3) is 0.800. The van der Waals surface area contributed by atoms with E-state index < -0.39 is 77.3 Å². The van der Waals surface area contributed by atoms with E-state index in [-0.39, 0.29) is 25.3 Å². The van der Waals surface area contributed by atoms with Gasteiger partial charge in [0.25, 0.3) is 5.91 Å². The number of urea groups is 1. The maximum Gasteiger partial charge on any atom is 0.315 e. The van der Waals surface area contributed by atoms with Crippen molar-refractivity contribution in [2.45, 2.75) is 139 Å². The largest absolute Gasteiger partial charge is 0.346 e. The summed E-state index contributed by atoms with van der Waals surface area (Å²) in [6, 6.07) is -3.67. The van der Waals surface area contributed by atoms with Crippen molar-refractivity contribution in [3.05, 3.63) is 12.7 Å². The molecule has 0 bridgehead atoms. The molecule has 0 radical (unpaired) electrons. The molecule has 2 aliphatic heterocycles. The predicted molar refractivity (Wildman–Crippen MR) is 202 cm³/mol. The van der Waals surface area contributed by atoms with Crippen molar-refractivity contribution in [2.24, 2.45) is 5.41 Å². The first-order chi connectivity index (χ1) is 23.2. The van der Waals surface area contributed by atoms with Crippen LogP contribution in [0.25, 0.3) is 0 Å². The molecule has 4 N–H and O–H groups in total. The Morgan fingerprint density at radius 3 is 2.12 bits per heavy atom. The number of amides is 5. The number of rotatable bonds is 13. The molecule has 3 rings (SSSR count). The van der Waals surface area contributed by atoms with Crippen LogP contribution in [0, 0.1) is 5.41 Å². The van der Waals surface area contributed by atoms with Gasteiger partial charge in [-0.25, -0.2) is 13.2 Å². The summed E-state index contributed by atoms with van der Waals surface area (Å²) in [5, 5.41) is 11.2. The van der Waals surface area contributed by atoms with Gasteiger partial charge < -0.3 is 26.2 Å². The molecule has 1 spiro atoms. The van der Waals surface area contributed by atoms with E-state index in [4.69, 9.17) is 0 Å². The fourth-order valence-corrected chi connectivity index (χ4v) is 11.6. The fourth-order valence-electron chi connectivity index (χ4n) is 6.70. The van der Waals surface area contributed by atoms with E-state index in [2.05, 4.69) is 27.8 Å². The molecule has 284 valence electrons. The third-order valence-corrected chi connectivity index (χ3v) is 15.8. The molecule has 15 heteroatoms. The van der Waals surface area contributed by atoms with Crippen LogP contribution in [0.1, 0.15) is 106 Å². The molecule has 3 fully saturated rings. The number of hydrogen-bond donors (Lipinski definition) is 4. The molecule has 2 saturated heterocycles. The van der Waals surface area contributed by atoms with Gasteiger partial charge in [0.15, 0.2) is 9.84 Å². The van der Waals surface area contributed by atoms with Crippen LogP contribution in [0.2, 0.25) is 0 Å². The first kappa shape index (κ1) is 42.2. The summed E-state index contributed by atoms with van der Waals surface area (Å²) in [5.74, 6) is -0.953. The lowest BCUT2D eigenvalue weighted by Gasteiger charge is -2.41. The summed E-state index contributed by atoms with van der Waals surface area (Å²) >= 11 is 3.44. The average molecular weight is 758 g/mol. The third-order valence-electron chi connectivity index (χ3n) is 9.71. The van der Waals surface area contributed by atoms with Crippen molar-refractivity contribution < 1.29 is 32.4 Å². The van der Waals surface area contributed by atoms with Gasteiger partial charge >= 0.3 is 6.03 Å². The monoisotopic (exact) mass is 757 g/mol. The zero-order chi connectivity index (χ0) is 37.5. The minimum absolute atomic E-state index is 0.113. The second-order valence-corrected chi connectivity index (χ2v) is 21.9. The average Bonchev–Trinajstić information content (AvgIpc) is 3.39. The standard InChI is InChI=1S/C35H59N5O7S3/c1-9-15-24(26(41)29(43)36-18-10-2)37-28(42)25-21-35(48-19-14-20-49-35)22-40(25)30(44)27(32(3,4)5)38-31(45)39-34(16-12-11-13-17-34)23-50(46,47)33(6,7)8/h10,24-25,27H,2,9,11-23H2,1,3-8H3,(H,36,43)(H,37,42)(H2,38,39,45)/t24?,25-,27+/m0/s1. The lowest BCUT2D eigenvalue weighted by Crippen LogP contribution is -2.63. The molecular weight excluding hydrogens is 699 g/mol. The van der Waals surface area contributed by atoms with Crippen LogP contribution in [0.5, 0.6) is 0 Å². The number of likely N-dealkylation sites (tertiary alicyclic amines) is 1. The zero-order valence-corrected chi connectivity index (χ0v) is 33.4. The van der Waals surface area contributed by atoms with E-state index in [0.29, 0.717) is 25.7 Å². The number of carbonyl (C=O) groups is 5. The van der Waals surface area contributed by atoms with Crippen LogP contribution in [-0.2, 0) is 29.0 Å². The lowest BCUT2D eigenvalue weighted by atomic mass is 9.83. The van der Waals surface area contributed by atoms with Gasteiger partial charge in [-0.1, -0.05) is 59.5 Å². The highest BCUT2D eigenvalue weighted by atomic mass is 32.2. The van der Waals surface area contributed by atoms with Crippen molar-refractivity contribution in [2.75, 3.05) is 30.3 Å². The highest BCUT2D eigenvalue weighted by Gasteiger charge is 2.53. The lowest BCUT2D eigenvalue weighted by molar-refractivity contribution is -0.143. The Labute approximate surface area is 307 Å². The number of carbonyl (C=O) groups excluding carboxylic acids is 5. The SMILES string of the molecule is C=CCNC(=O)C(=O)C(CCC)NC(=O)[C@@H]1CC2(CN1C(=O)[C@@H](NC(=O)NC1(CS(=O)(=O)C(C)(C)C)CCCCC1)C(C)(C)C)SCCCS2. The number of nitrogens with one attached hydrogen (secondary N) is 4. The molecule has 2 heterocycles. The number of hydrogen-bond acceptors (Lipinski definition) is 9. The zero-order valence-electron chi connectivity index (χ0n) is 30.9. The number of Topliss-reactive ketones (excluding diaryl/α,β-unsaturated/α-hetero) is 1. The Morgan fingerprint density at radius 1 is 0.960 bits per heavy atom. The molecule has 3 atom stereocenters. The molecule has 12 nitrogen and oxygen atoms in total. The second-order valence-electron chi connectivity index (χ2n) is 16.0. The van der Waals surface area contributed by atoms with Gasteiger partial charge in [-0.2, -0.15) is 0 Å². The van der Waals surface area contributed by atoms with Crippen LogP contribution in [0.4, 0.5) is 4.79 Å². The molecule has 50 heavy (non-hydrogen) atoms. The third kappa shape index (κ3) is 10.6. The molecule has 0 aromatic heterocycles. The Kier molecular flexibility index (Phi) is 14.4. The van der Waals surface area contributed by atoms with Crippen LogP contribution >= 0.6 is 23.5 Å². The van der Waals surface area contributed by atoms with Crippen LogP contribution in [-0.4, -0.2) is 106 Å². The summed E-state index contributed by atoms with van der Waals surface area (Å²) in [7, 11) is -3.57. The predicted octanol–water partition coefficient (Wildman–Crippen LogP) is 3.94. The normalized spacial score (nSPS) is 21.8. The van der Waals surface area contributed by atoms with Gasteiger partial charge in [0.1, 0.15) is 12.1 Å². The Morgan fingerprint density at radius 2 is 1.58 bits per heavy atom.